The fourth-order valence-corrected chi connectivity index (χ4v) is 1.82. The SMILES string of the molecule is Cc1ccccc1C(=O)Nc1ccc(CC#N)cc1. The van der Waals surface area contributed by atoms with Crippen LogP contribution in [0.15, 0.2) is 48.5 Å². The van der Waals surface area contributed by atoms with Gasteiger partial charge in [-0.05, 0) is 36.2 Å². The number of nitrogens with zero attached hydrogens (tertiary/aromatic N) is 1. The maximum atomic E-state index is 12.1. The van der Waals surface area contributed by atoms with Crippen molar-refractivity contribution < 1.29 is 4.79 Å². The lowest BCUT2D eigenvalue weighted by atomic mass is 10.1. The minimum absolute atomic E-state index is 0.119. The van der Waals surface area contributed by atoms with E-state index in [1.54, 1.807) is 6.07 Å². The Balaban J connectivity index is 2.11. The molecule has 0 spiro atoms. The summed E-state index contributed by atoms with van der Waals surface area (Å²) in [5, 5.41) is 11.4. The Kier molecular flexibility index (Phi) is 3.94. The molecule has 0 heterocycles. The number of benzene rings is 2. The number of aryl methyl sites for hydroxylation is 1. The van der Waals surface area contributed by atoms with E-state index < -0.39 is 0 Å². The zero-order valence-corrected chi connectivity index (χ0v) is 10.7. The number of hydrogen-bond donors (Lipinski definition) is 1. The van der Waals surface area contributed by atoms with E-state index in [1.807, 2.05) is 49.4 Å². The first-order valence-corrected chi connectivity index (χ1v) is 6.03. The van der Waals surface area contributed by atoms with Gasteiger partial charge in [-0.2, -0.15) is 5.26 Å². The van der Waals surface area contributed by atoms with Crippen molar-refractivity contribution in [1.82, 2.24) is 0 Å². The zero-order chi connectivity index (χ0) is 13.7. The lowest BCUT2D eigenvalue weighted by molar-refractivity contribution is 0.102. The number of carbonyl (C=O) groups excluding carboxylic acids is 1. The van der Waals surface area contributed by atoms with Crippen molar-refractivity contribution in [2.75, 3.05) is 5.32 Å². The van der Waals surface area contributed by atoms with Crippen LogP contribution in [0.4, 0.5) is 5.69 Å². The van der Waals surface area contributed by atoms with Crippen molar-refractivity contribution in [3.8, 4) is 6.07 Å². The molecular formula is C16H14N2O. The Labute approximate surface area is 112 Å². The third-order valence-electron chi connectivity index (χ3n) is 2.88. The van der Waals surface area contributed by atoms with Gasteiger partial charge in [0.15, 0.2) is 0 Å². The van der Waals surface area contributed by atoms with Crippen LogP contribution in [0.3, 0.4) is 0 Å². The fraction of sp³-hybridized carbons (Fsp3) is 0.125. The number of hydrogen-bond acceptors (Lipinski definition) is 2. The van der Waals surface area contributed by atoms with E-state index in [2.05, 4.69) is 11.4 Å². The van der Waals surface area contributed by atoms with Gasteiger partial charge in [0.2, 0.25) is 0 Å². The molecule has 3 heteroatoms. The summed E-state index contributed by atoms with van der Waals surface area (Å²) in [4.78, 5) is 12.1. The van der Waals surface area contributed by atoms with E-state index >= 15 is 0 Å². The highest BCUT2D eigenvalue weighted by atomic mass is 16.1. The van der Waals surface area contributed by atoms with Gasteiger partial charge in [0.25, 0.3) is 5.91 Å². The molecular weight excluding hydrogens is 236 g/mol. The van der Waals surface area contributed by atoms with Crippen molar-refractivity contribution >= 4 is 11.6 Å². The van der Waals surface area contributed by atoms with Crippen molar-refractivity contribution in [3.63, 3.8) is 0 Å². The topological polar surface area (TPSA) is 52.9 Å². The summed E-state index contributed by atoms with van der Waals surface area (Å²) in [7, 11) is 0. The zero-order valence-electron chi connectivity index (χ0n) is 10.7. The molecule has 0 radical (unpaired) electrons. The van der Waals surface area contributed by atoms with Gasteiger partial charge in [-0.15, -0.1) is 0 Å². The number of nitrogens with one attached hydrogen (secondary N) is 1. The molecule has 0 atom stereocenters. The summed E-state index contributed by atoms with van der Waals surface area (Å²) in [5.74, 6) is -0.119. The average Bonchev–Trinajstić information content (AvgIpc) is 2.42. The van der Waals surface area contributed by atoms with E-state index in [0.29, 0.717) is 12.0 Å². The average molecular weight is 250 g/mol. The predicted octanol–water partition coefficient (Wildman–Crippen LogP) is 3.31. The van der Waals surface area contributed by atoms with Crippen LogP contribution in [0.2, 0.25) is 0 Å². The summed E-state index contributed by atoms with van der Waals surface area (Å²) >= 11 is 0. The molecule has 19 heavy (non-hydrogen) atoms. The minimum atomic E-state index is -0.119. The third kappa shape index (κ3) is 3.20. The number of rotatable bonds is 3. The Morgan fingerprint density at radius 3 is 2.47 bits per heavy atom. The Morgan fingerprint density at radius 1 is 1.16 bits per heavy atom. The summed E-state index contributed by atoms with van der Waals surface area (Å²) in [6.45, 7) is 1.91. The quantitative estimate of drug-likeness (QED) is 0.908. The van der Waals surface area contributed by atoms with Crippen molar-refractivity contribution in [3.05, 3.63) is 65.2 Å². The van der Waals surface area contributed by atoms with Gasteiger partial charge < -0.3 is 5.32 Å². The highest BCUT2D eigenvalue weighted by Crippen LogP contribution is 2.13. The van der Waals surface area contributed by atoms with Gasteiger partial charge in [-0.3, -0.25) is 4.79 Å². The maximum absolute atomic E-state index is 12.1. The van der Waals surface area contributed by atoms with Crippen LogP contribution in [0.5, 0.6) is 0 Å². The molecule has 0 unspecified atom stereocenters. The van der Waals surface area contributed by atoms with Crippen molar-refractivity contribution in [2.24, 2.45) is 0 Å². The second-order valence-electron chi connectivity index (χ2n) is 4.30. The lowest BCUT2D eigenvalue weighted by Crippen LogP contribution is -2.13. The molecule has 0 aliphatic carbocycles. The van der Waals surface area contributed by atoms with E-state index in [-0.39, 0.29) is 5.91 Å². The largest absolute Gasteiger partial charge is 0.322 e. The molecule has 1 amide bonds. The van der Waals surface area contributed by atoms with Crippen LogP contribution in [0.1, 0.15) is 21.5 Å². The first-order valence-electron chi connectivity index (χ1n) is 6.03. The molecule has 0 aromatic heterocycles. The third-order valence-corrected chi connectivity index (χ3v) is 2.88. The monoisotopic (exact) mass is 250 g/mol. The molecule has 0 fully saturated rings. The van der Waals surface area contributed by atoms with E-state index in [1.165, 1.54) is 0 Å². The Bertz CT molecular complexity index is 624. The van der Waals surface area contributed by atoms with Crippen LogP contribution in [0.25, 0.3) is 0 Å². The predicted molar refractivity (Wildman–Crippen MR) is 74.9 cm³/mol. The standard InChI is InChI=1S/C16H14N2O/c1-12-4-2-3-5-15(12)16(19)18-14-8-6-13(7-9-14)10-11-17/h2-9H,10H2,1H3,(H,18,19). The molecule has 0 aliphatic heterocycles. The molecule has 2 rings (SSSR count). The normalized spacial score (nSPS) is 9.68. The number of anilines is 1. The van der Waals surface area contributed by atoms with Crippen LogP contribution >= 0.6 is 0 Å². The first-order chi connectivity index (χ1) is 9.20. The van der Waals surface area contributed by atoms with Crippen LogP contribution < -0.4 is 5.32 Å². The minimum Gasteiger partial charge on any atom is -0.322 e. The van der Waals surface area contributed by atoms with Gasteiger partial charge >= 0.3 is 0 Å². The summed E-state index contributed by atoms with van der Waals surface area (Å²) < 4.78 is 0. The molecule has 0 saturated carbocycles. The number of amides is 1. The smallest absolute Gasteiger partial charge is 0.255 e. The van der Waals surface area contributed by atoms with E-state index in [9.17, 15) is 4.79 Å². The van der Waals surface area contributed by atoms with Gasteiger partial charge in [0, 0.05) is 11.3 Å². The Morgan fingerprint density at radius 2 is 1.84 bits per heavy atom. The summed E-state index contributed by atoms with van der Waals surface area (Å²) in [6.07, 6.45) is 0.381. The molecule has 2 aromatic carbocycles. The number of carbonyl (C=O) groups is 1. The first kappa shape index (κ1) is 12.8. The van der Waals surface area contributed by atoms with Crippen LogP contribution in [-0.4, -0.2) is 5.91 Å². The van der Waals surface area contributed by atoms with Crippen molar-refractivity contribution in [2.45, 2.75) is 13.3 Å². The second-order valence-corrected chi connectivity index (χ2v) is 4.30. The lowest BCUT2D eigenvalue weighted by Gasteiger charge is -2.07. The molecule has 0 aliphatic rings. The summed E-state index contributed by atoms with van der Waals surface area (Å²) in [6, 6.07) is 16.9. The highest BCUT2D eigenvalue weighted by molar-refractivity contribution is 6.05. The van der Waals surface area contributed by atoms with Crippen LogP contribution in [-0.2, 0) is 6.42 Å². The second kappa shape index (κ2) is 5.83. The number of nitriles is 1. The van der Waals surface area contributed by atoms with Crippen molar-refractivity contribution in [1.29, 1.82) is 5.26 Å². The van der Waals surface area contributed by atoms with Crippen LogP contribution in [0, 0.1) is 18.3 Å². The summed E-state index contributed by atoms with van der Waals surface area (Å²) in [5.41, 5.74) is 3.29. The Hall–Kier alpha value is -2.60. The molecule has 3 nitrogen and oxygen atoms in total. The molecule has 0 bridgehead atoms. The molecule has 94 valence electrons. The molecule has 0 saturated heterocycles. The highest BCUT2D eigenvalue weighted by Gasteiger charge is 2.08. The van der Waals surface area contributed by atoms with E-state index in [4.69, 9.17) is 5.26 Å². The van der Waals surface area contributed by atoms with Gasteiger partial charge in [0.1, 0.15) is 0 Å². The maximum Gasteiger partial charge on any atom is 0.255 e. The van der Waals surface area contributed by atoms with E-state index in [0.717, 1.165) is 16.8 Å². The molecule has 1 N–H and O–H groups in total. The van der Waals surface area contributed by atoms with Gasteiger partial charge in [-0.1, -0.05) is 30.3 Å². The fourth-order valence-electron chi connectivity index (χ4n) is 1.82. The van der Waals surface area contributed by atoms with Gasteiger partial charge in [-0.25, -0.2) is 0 Å². The molecule has 2 aromatic rings. The van der Waals surface area contributed by atoms with Gasteiger partial charge in [0.05, 0.1) is 12.5 Å².